The van der Waals surface area contributed by atoms with Crippen LogP contribution in [0.25, 0.3) is 22.8 Å². The molecule has 0 saturated heterocycles. The number of aryl methyl sites for hydroxylation is 2. The summed E-state index contributed by atoms with van der Waals surface area (Å²) in [6.45, 7) is 18.4. The minimum Gasteiger partial charge on any atom is -0.358 e. The van der Waals surface area contributed by atoms with E-state index in [2.05, 4.69) is 115 Å². The fourth-order valence-electron chi connectivity index (χ4n) is 6.18. The zero-order valence-corrected chi connectivity index (χ0v) is 35.7. The number of nitriles is 2. The fourth-order valence-corrected chi connectivity index (χ4v) is 6.54. The quantitative estimate of drug-likeness (QED) is 0.0721. The van der Waals surface area contributed by atoms with Crippen molar-refractivity contribution in [1.82, 2.24) is 50.3 Å². The maximum absolute atomic E-state index is 9.94. The molecule has 0 spiro atoms. The summed E-state index contributed by atoms with van der Waals surface area (Å²) in [5.74, 6) is 3.56. The summed E-state index contributed by atoms with van der Waals surface area (Å²) >= 11 is 1.45. The molecule has 0 fully saturated rings. The average molecular weight is 799 g/mol. The lowest BCUT2D eigenvalue weighted by Gasteiger charge is -2.28. The van der Waals surface area contributed by atoms with Crippen molar-refractivity contribution in [3.63, 3.8) is 0 Å². The molecule has 0 amide bonds. The predicted molar refractivity (Wildman–Crippen MR) is 230 cm³/mol. The van der Waals surface area contributed by atoms with Crippen molar-refractivity contribution in [2.45, 2.75) is 60.5 Å². The van der Waals surface area contributed by atoms with Crippen molar-refractivity contribution >= 4 is 46.4 Å². The molecule has 0 aliphatic heterocycles. The van der Waals surface area contributed by atoms with Crippen molar-refractivity contribution in [3.8, 4) is 34.9 Å². The first-order valence-corrected chi connectivity index (χ1v) is 19.7. The summed E-state index contributed by atoms with van der Waals surface area (Å²) in [6, 6.07) is 16.4. The molecule has 4 aromatic heterocycles. The summed E-state index contributed by atoms with van der Waals surface area (Å²) in [4.78, 5) is 30.3. The fraction of sp³-hybridized carbons (Fsp3) is 0.366. The summed E-state index contributed by atoms with van der Waals surface area (Å²) in [7, 11) is 3.89. The molecule has 0 unspecified atom stereocenters. The first kappa shape index (κ1) is 42.6. The molecule has 0 bridgehead atoms. The zero-order chi connectivity index (χ0) is 42.2. The molecule has 0 atom stereocenters. The highest BCUT2D eigenvalue weighted by Crippen LogP contribution is 2.33. The Bertz CT molecular complexity index is 2400. The molecular formula is C41H50N16S. The maximum Gasteiger partial charge on any atom is 0.191 e. The van der Waals surface area contributed by atoms with Crippen molar-refractivity contribution < 1.29 is 0 Å². The molecule has 6 rings (SSSR count). The number of benzene rings is 2. The van der Waals surface area contributed by atoms with Crippen LogP contribution in [0.15, 0.2) is 60.5 Å². The van der Waals surface area contributed by atoms with E-state index in [1.807, 2.05) is 80.4 Å². The highest BCUT2D eigenvalue weighted by atomic mass is 32.2. The Balaban J connectivity index is 0.000000221. The highest BCUT2D eigenvalue weighted by molar-refractivity contribution is 7.98. The van der Waals surface area contributed by atoms with Crippen LogP contribution < -0.4 is 20.4 Å². The van der Waals surface area contributed by atoms with Gasteiger partial charge in [0.25, 0.3) is 0 Å². The molecule has 16 nitrogen and oxygen atoms in total. The van der Waals surface area contributed by atoms with Crippen LogP contribution >= 0.6 is 11.8 Å². The monoisotopic (exact) mass is 798 g/mol. The first-order valence-electron chi connectivity index (χ1n) is 18.5. The van der Waals surface area contributed by atoms with E-state index in [1.54, 1.807) is 0 Å². The minimum absolute atomic E-state index is 0.0571. The minimum atomic E-state index is 0.0571. The number of H-pyrrole nitrogens is 2. The Hall–Kier alpha value is -6.59. The van der Waals surface area contributed by atoms with Crippen LogP contribution in [0.4, 0.5) is 34.6 Å². The van der Waals surface area contributed by atoms with E-state index < -0.39 is 0 Å². The number of hydrogen-bond donors (Lipinski definition) is 4. The lowest BCUT2D eigenvalue weighted by atomic mass is 9.96. The number of aromatic amines is 2. The average Bonchev–Trinajstić information content (AvgIpc) is 3.91. The molecule has 0 aliphatic rings. The molecule has 6 aromatic rings. The molecular weight excluding hydrogens is 749 g/mol. The largest absolute Gasteiger partial charge is 0.358 e. The number of thioether (sulfide) groups is 1. The van der Waals surface area contributed by atoms with Crippen molar-refractivity contribution in [2.24, 2.45) is 10.8 Å². The molecule has 2 aromatic carbocycles. The van der Waals surface area contributed by atoms with E-state index in [0.29, 0.717) is 51.2 Å². The lowest BCUT2D eigenvalue weighted by Crippen LogP contribution is -2.30. The van der Waals surface area contributed by atoms with Crippen LogP contribution in [0.2, 0.25) is 0 Å². The molecule has 4 heterocycles. The Kier molecular flexibility index (Phi) is 13.3. The summed E-state index contributed by atoms with van der Waals surface area (Å²) in [5.41, 5.74) is 6.48. The SMILES string of the molecule is CSc1nc(Nc2cc(-c3ncn[nH]3)ccc2C)c(C#N)c(N(C)CC(C)(C)C)n1.Cc1ccc(-c2ncn[nH]2)cc1Nc1ncnc(N(C)CC(C)(C)C)c1C#N. The van der Waals surface area contributed by atoms with Crippen LogP contribution in [0.3, 0.4) is 0 Å². The van der Waals surface area contributed by atoms with Crippen LogP contribution in [-0.2, 0) is 0 Å². The molecule has 4 N–H and O–H groups in total. The third kappa shape index (κ3) is 10.8. The smallest absolute Gasteiger partial charge is 0.191 e. The summed E-state index contributed by atoms with van der Waals surface area (Å²) in [5, 5.41) is 40.5. The van der Waals surface area contributed by atoms with Gasteiger partial charge in [-0.2, -0.15) is 20.7 Å². The first-order chi connectivity index (χ1) is 27.5. The van der Waals surface area contributed by atoms with E-state index >= 15 is 0 Å². The van der Waals surface area contributed by atoms with Gasteiger partial charge < -0.3 is 20.4 Å². The van der Waals surface area contributed by atoms with Crippen LogP contribution in [0.5, 0.6) is 0 Å². The van der Waals surface area contributed by atoms with Gasteiger partial charge in [0.1, 0.15) is 42.2 Å². The van der Waals surface area contributed by atoms with Crippen LogP contribution in [0, 0.1) is 47.3 Å². The number of nitrogens with one attached hydrogen (secondary N) is 4. The van der Waals surface area contributed by atoms with Gasteiger partial charge in [0, 0.05) is 49.7 Å². The highest BCUT2D eigenvalue weighted by Gasteiger charge is 2.23. The third-order valence-electron chi connectivity index (χ3n) is 8.61. The van der Waals surface area contributed by atoms with Crippen LogP contribution in [-0.4, -0.2) is 83.7 Å². The number of rotatable bonds is 11. The maximum atomic E-state index is 9.94. The topological polar surface area (TPSA) is 213 Å². The Morgan fingerprint density at radius 3 is 1.59 bits per heavy atom. The number of aromatic nitrogens is 10. The van der Waals surface area contributed by atoms with Gasteiger partial charge in [-0.25, -0.2) is 29.9 Å². The second-order valence-electron chi connectivity index (χ2n) is 16.2. The van der Waals surface area contributed by atoms with Gasteiger partial charge in [0.2, 0.25) is 0 Å². The third-order valence-corrected chi connectivity index (χ3v) is 9.15. The van der Waals surface area contributed by atoms with Gasteiger partial charge in [-0.15, -0.1) is 0 Å². The van der Waals surface area contributed by atoms with Gasteiger partial charge in [-0.05, 0) is 54.2 Å². The standard InChI is InChI=1S/C21H26N8S.C20H24N8/c1-13-7-8-14(17-23-12-24-28-17)9-16(13)25-18-15(10-22)19(27-20(26-18)30-6)29(5)11-21(2,3)4;1-13-6-7-14(17-23-12-25-27-17)8-16(13)26-18-15(9-21)19(24-11-22-18)28(5)10-20(2,3)4/h7-9,12H,11H2,1-6H3,(H,23,24,28)(H,25,26,27);6-8,11-12H,10H2,1-5H3,(H,22,24,26)(H,23,25,27). The summed E-state index contributed by atoms with van der Waals surface area (Å²) < 4.78 is 0. The number of anilines is 6. The molecule has 17 heteroatoms. The van der Waals surface area contributed by atoms with Crippen molar-refractivity contribution in [2.75, 3.05) is 53.9 Å². The second kappa shape index (κ2) is 18.1. The van der Waals surface area contributed by atoms with E-state index in [0.717, 1.165) is 46.7 Å². The Labute approximate surface area is 344 Å². The van der Waals surface area contributed by atoms with Crippen LogP contribution in [0.1, 0.15) is 63.8 Å². The lowest BCUT2D eigenvalue weighted by molar-refractivity contribution is 0.417. The van der Waals surface area contributed by atoms with E-state index in [-0.39, 0.29) is 10.8 Å². The molecule has 58 heavy (non-hydrogen) atoms. The van der Waals surface area contributed by atoms with E-state index in [4.69, 9.17) is 0 Å². The second-order valence-corrected chi connectivity index (χ2v) is 17.0. The molecule has 0 radical (unpaired) electrons. The zero-order valence-electron chi connectivity index (χ0n) is 34.9. The predicted octanol–water partition coefficient (Wildman–Crippen LogP) is 8.06. The Morgan fingerprint density at radius 2 is 1.14 bits per heavy atom. The Morgan fingerprint density at radius 1 is 0.655 bits per heavy atom. The molecule has 0 aliphatic carbocycles. The van der Waals surface area contributed by atoms with Crippen molar-refractivity contribution in [1.29, 1.82) is 10.5 Å². The van der Waals surface area contributed by atoms with Crippen molar-refractivity contribution in [3.05, 3.63) is 77.6 Å². The summed E-state index contributed by atoms with van der Waals surface area (Å²) in [6.07, 6.45) is 6.35. The van der Waals surface area contributed by atoms with Gasteiger partial charge in [0.15, 0.2) is 40.1 Å². The normalized spacial score (nSPS) is 11.2. The van der Waals surface area contributed by atoms with Gasteiger partial charge in [-0.1, -0.05) is 77.6 Å². The number of nitrogens with zero attached hydrogens (tertiary/aromatic N) is 12. The van der Waals surface area contributed by atoms with Gasteiger partial charge in [-0.3, -0.25) is 10.2 Å². The van der Waals surface area contributed by atoms with Gasteiger partial charge in [0.05, 0.1) is 0 Å². The van der Waals surface area contributed by atoms with E-state index in [1.165, 1.54) is 30.7 Å². The number of hydrogen-bond acceptors (Lipinski definition) is 15. The van der Waals surface area contributed by atoms with E-state index in [9.17, 15) is 10.5 Å². The molecule has 0 saturated carbocycles. The van der Waals surface area contributed by atoms with Gasteiger partial charge >= 0.3 is 0 Å². The molecule has 300 valence electrons.